The van der Waals surface area contributed by atoms with Crippen LogP contribution < -0.4 is 0 Å². The second-order valence-corrected chi connectivity index (χ2v) is 4.79. The third-order valence-corrected chi connectivity index (χ3v) is 3.76. The summed E-state index contributed by atoms with van der Waals surface area (Å²) >= 11 is 3.76. The SMILES string of the molecule is CCC(CC)C(Br)Cc1ccccn1. The summed E-state index contributed by atoms with van der Waals surface area (Å²) in [5, 5.41) is 0. The molecule has 0 fully saturated rings. The Morgan fingerprint density at radius 1 is 1.29 bits per heavy atom. The van der Waals surface area contributed by atoms with Gasteiger partial charge in [0.25, 0.3) is 0 Å². The molecule has 0 spiro atoms. The summed E-state index contributed by atoms with van der Waals surface area (Å²) < 4.78 is 0. The lowest BCUT2D eigenvalue weighted by Gasteiger charge is -2.18. The molecule has 1 aromatic heterocycles. The number of pyridine rings is 1. The minimum absolute atomic E-state index is 0.562. The monoisotopic (exact) mass is 255 g/mol. The maximum atomic E-state index is 4.34. The predicted octanol–water partition coefficient (Wildman–Crippen LogP) is 3.82. The number of hydrogen-bond acceptors (Lipinski definition) is 1. The van der Waals surface area contributed by atoms with E-state index in [0.717, 1.165) is 12.3 Å². The normalized spacial score (nSPS) is 13.1. The van der Waals surface area contributed by atoms with E-state index >= 15 is 0 Å². The fourth-order valence-corrected chi connectivity index (χ4v) is 2.76. The van der Waals surface area contributed by atoms with E-state index in [2.05, 4.69) is 46.9 Å². The number of halogens is 1. The first-order valence-corrected chi connectivity index (χ1v) is 6.23. The first-order valence-electron chi connectivity index (χ1n) is 5.31. The maximum absolute atomic E-state index is 4.34. The highest BCUT2D eigenvalue weighted by Crippen LogP contribution is 2.23. The van der Waals surface area contributed by atoms with Crippen LogP contribution in [0.5, 0.6) is 0 Å². The first-order chi connectivity index (χ1) is 6.77. The van der Waals surface area contributed by atoms with Crippen molar-refractivity contribution in [1.82, 2.24) is 4.98 Å². The molecule has 1 heterocycles. The minimum Gasteiger partial charge on any atom is -0.261 e. The van der Waals surface area contributed by atoms with Gasteiger partial charge < -0.3 is 0 Å². The Morgan fingerprint density at radius 3 is 2.50 bits per heavy atom. The highest BCUT2D eigenvalue weighted by molar-refractivity contribution is 9.09. The van der Waals surface area contributed by atoms with Crippen LogP contribution in [-0.2, 0) is 6.42 Å². The average Bonchev–Trinajstić information content (AvgIpc) is 2.21. The zero-order valence-electron chi connectivity index (χ0n) is 8.91. The summed E-state index contributed by atoms with van der Waals surface area (Å²) in [4.78, 5) is 4.90. The molecule has 0 aromatic carbocycles. The molecule has 0 aliphatic rings. The van der Waals surface area contributed by atoms with E-state index in [0.29, 0.717) is 4.83 Å². The molecule has 0 aliphatic heterocycles. The molecule has 1 aromatic rings. The van der Waals surface area contributed by atoms with E-state index in [9.17, 15) is 0 Å². The zero-order chi connectivity index (χ0) is 10.4. The van der Waals surface area contributed by atoms with E-state index in [1.807, 2.05) is 12.3 Å². The van der Waals surface area contributed by atoms with Gasteiger partial charge in [0.15, 0.2) is 0 Å². The van der Waals surface area contributed by atoms with Gasteiger partial charge in [-0.05, 0) is 18.1 Å². The fourth-order valence-electron chi connectivity index (χ4n) is 1.69. The Bertz CT molecular complexity index is 244. The van der Waals surface area contributed by atoms with E-state index in [-0.39, 0.29) is 0 Å². The van der Waals surface area contributed by atoms with Crippen molar-refractivity contribution in [2.45, 2.75) is 37.9 Å². The van der Waals surface area contributed by atoms with E-state index < -0.39 is 0 Å². The topological polar surface area (TPSA) is 12.9 Å². The molecule has 0 saturated carbocycles. The van der Waals surface area contributed by atoms with Gasteiger partial charge in [0.1, 0.15) is 0 Å². The van der Waals surface area contributed by atoms with Crippen LogP contribution in [0.2, 0.25) is 0 Å². The Labute approximate surface area is 95.1 Å². The van der Waals surface area contributed by atoms with Crippen LogP contribution in [0.25, 0.3) is 0 Å². The quantitative estimate of drug-likeness (QED) is 0.730. The first kappa shape index (κ1) is 11.7. The molecule has 1 unspecified atom stereocenters. The number of aromatic nitrogens is 1. The molecule has 0 saturated heterocycles. The molecule has 1 nitrogen and oxygen atoms in total. The van der Waals surface area contributed by atoms with Gasteiger partial charge in [-0.3, -0.25) is 4.98 Å². The molecular weight excluding hydrogens is 238 g/mol. The summed E-state index contributed by atoms with van der Waals surface area (Å²) in [6, 6.07) is 6.11. The van der Waals surface area contributed by atoms with Crippen molar-refractivity contribution in [1.29, 1.82) is 0 Å². The van der Waals surface area contributed by atoms with Crippen molar-refractivity contribution < 1.29 is 0 Å². The summed E-state index contributed by atoms with van der Waals surface area (Å²) in [7, 11) is 0. The Balaban J connectivity index is 2.52. The van der Waals surface area contributed by atoms with Gasteiger partial charge in [-0.25, -0.2) is 0 Å². The Hall–Kier alpha value is -0.370. The second kappa shape index (κ2) is 6.18. The number of nitrogens with zero attached hydrogens (tertiary/aromatic N) is 1. The van der Waals surface area contributed by atoms with Crippen molar-refractivity contribution in [3.63, 3.8) is 0 Å². The van der Waals surface area contributed by atoms with Gasteiger partial charge in [-0.15, -0.1) is 0 Å². The summed E-state index contributed by atoms with van der Waals surface area (Å²) in [6.45, 7) is 4.50. The Kier molecular flexibility index (Phi) is 5.16. The van der Waals surface area contributed by atoms with Crippen molar-refractivity contribution in [3.8, 4) is 0 Å². The van der Waals surface area contributed by atoms with Gasteiger partial charge in [0, 0.05) is 23.1 Å². The lowest BCUT2D eigenvalue weighted by atomic mass is 9.96. The summed E-state index contributed by atoms with van der Waals surface area (Å²) in [5.41, 5.74) is 1.18. The standard InChI is InChI=1S/C12H18BrN/c1-3-10(4-2)12(13)9-11-7-5-6-8-14-11/h5-8,10,12H,3-4,9H2,1-2H3. The zero-order valence-corrected chi connectivity index (χ0v) is 10.5. The molecule has 0 N–H and O–H groups in total. The molecule has 1 rings (SSSR count). The number of hydrogen-bond donors (Lipinski definition) is 0. The number of rotatable bonds is 5. The molecule has 2 heteroatoms. The molecular formula is C12H18BrN. The highest BCUT2D eigenvalue weighted by atomic mass is 79.9. The molecule has 0 aliphatic carbocycles. The van der Waals surface area contributed by atoms with Crippen LogP contribution >= 0.6 is 15.9 Å². The van der Waals surface area contributed by atoms with Crippen LogP contribution in [0.15, 0.2) is 24.4 Å². The summed E-state index contributed by atoms with van der Waals surface area (Å²) in [6.07, 6.45) is 5.37. The molecule has 0 radical (unpaired) electrons. The maximum Gasteiger partial charge on any atom is 0.0414 e. The van der Waals surface area contributed by atoms with Gasteiger partial charge >= 0.3 is 0 Å². The molecule has 1 atom stereocenters. The second-order valence-electron chi connectivity index (χ2n) is 3.62. The largest absolute Gasteiger partial charge is 0.261 e. The predicted molar refractivity (Wildman–Crippen MR) is 64.7 cm³/mol. The average molecular weight is 256 g/mol. The van der Waals surface area contributed by atoms with Crippen LogP contribution in [0.3, 0.4) is 0 Å². The minimum atomic E-state index is 0.562. The van der Waals surface area contributed by atoms with Crippen LogP contribution in [0.4, 0.5) is 0 Å². The van der Waals surface area contributed by atoms with Crippen LogP contribution in [0.1, 0.15) is 32.4 Å². The van der Waals surface area contributed by atoms with Crippen molar-refractivity contribution in [2.75, 3.05) is 0 Å². The van der Waals surface area contributed by atoms with Crippen molar-refractivity contribution in [3.05, 3.63) is 30.1 Å². The number of alkyl halides is 1. The third kappa shape index (κ3) is 3.41. The van der Waals surface area contributed by atoms with Gasteiger partial charge in [-0.1, -0.05) is 48.7 Å². The van der Waals surface area contributed by atoms with Crippen molar-refractivity contribution in [2.24, 2.45) is 5.92 Å². The fraction of sp³-hybridized carbons (Fsp3) is 0.583. The summed E-state index contributed by atoms with van der Waals surface area (Å²) in [5.74, 6) is 0.761. The smallest absolute Gasteiger partial charge is 0.0414 e. The van der Waals surface area contributed by atoms with Crippen LogP contribution in [0, 0.1) is 5.92 Å². The highest BCUT2D eigenvalue weighted by Gasteiger charge is 2.15. The van der Waals surface area contributed by atoms with E-state index in [1.54, 1.807) is 0 Å². The third-order valence-electron chi connectivity index (χ3n) is 2.69. The van der Waals surface area contributed by atoms with Gasteiger partial charge in [-0.2, -0.15) is 0 Å². The van der Waals surface area contributed by atoms with E-state index in [4.69, 9.17) is 0 Å². The van der Waals surface area contributed by atoms with E-state index in [1.165, 1.54) is 18.5 Å². The Morgan fingerprint density at radius 2 is 2.00 bits per heavy atom. The molecule has 0 amide bonds. The van der Waals surface area contributed by atoms with Crippen molar-refractivity contribution >= 4 is 15.9 Å². The van der Waals surface area contributed by atoms with Crippen LogP contribution in [-0.4, -0.2) is 9.81 Å². The molecule has 14 heavy (non-hydrogen) atoms. The lowest BCUT2D eigenvalue weighted by molar-refractivity contribution is 0.473. The van der Waals surface area contributed by atoms with Gasteiger partial charge in [0.2, 0.25) is 0 Å². The molecule has 78 valence electrons. The molecule has 0 bridgehead atoms. The lowest BCUT2D eigenvalue weighted by Crippen LogP contribution is -2.16. The van der Waals surface area contributed by atoms with Gasteiger partial charge in [0.05, 0.1) is 0 Å².